The molecule has 0 saturated carbocycles. The number of hydrogen-bond donors (Lipinski definition) is 1. The molecule has 2 fully saturated rings. The van der Waals surface area contributed by atoms with E-state index in [2.05, 4.69) is 21.2 Å². The zero-order valence-electron chi connectivity index (χ0n) is 18.2. The van der Waals surface area contributed by atoms with Crippen LogP contribution in [0.15, 0.2) is 83.3 Å². The van der Waals surface area contributed by atoms with Crippen molar-refractivity contribution in [2.45, 2.75) is 19.0 Å². The third-order valence-corrected chi connectivity index (χ3v) is 7.44. The zero-order chi connectivity index (χ0) is 24.0. The molecule has 3 aromatic carbocycles. The molecule has 0 radical (unpaired) electrons. The maximum Gasteiger partial charge on any atom is 0.322 e. The number of urea groups is 1. The van der Waals surface area contributed by atoms with Crippen LogP contribution in [0.3, 0.4) is 0 Å². The van der Waals surface area contributed by atoms with Crippen LogP contribution in [0.25, 0.3) is 0 Å². The number of imide groups is 1. The number of carbonyl (C=O) groups is 3. The van der Waals surface area contributed by atoms with Gasteiger partial charge in [0.1, 0.15) is 0 Å². The van der Waals surface area contributed by atoms with Gasteiger partial charge in [0.25, 0.3) is 0 Å². The molecule has 2 aliphatic rings. The number of hydrogen-bond acceptors (Lipinski definition) is 3. The lowest BCUT2D eigenvalue weighted by Gasteiger charge is -2.32. The number of nitrogens with zero attached hydrogens (tertiary/aromatic N) is 2. The molecule has 6 nitrogen and oxygen atoms in total. The summed E-state index contributed by atoms with van der Waals surface area (Å²) in [5, 5.41) is 3.35. The first-order valence-corrected chi connectivity index (χ1v) is 12.1. The second-order valence-corrected chi connectivity index (χ2v) is 9.77. The Morgan fingerprint density at radius 3 is 2.18 bits per heavy atom. The van der Waals surface area contributed by atoms with Crippen LogP contribution in [0.5, 0.6) is 0 Å². The number of benzene rings is 3. The lowest BCUT2D eigenvalue weighted by Crippen LogP contribution is -2.45. The summed E-state index contributed by atoms with van der Waals surface area (Å²) < 4.78 is 0.890. The Morgan fingerprint density at radius 2 is 1.50 bits per heavy atom. The van der Waals surface area contributed by atoms with Gasteiger partial charge in [0.2, 0.25) is 11.8 Å². The molecule has 2 saturated heterocycles. The van der Waals surface area contributed by atoms with Gasteiger partial charge in [-0.2, -0.15) is 0 Å². The van der Waals surface area contributed by atoms with Gasteiger partial charge in [-0.1, -0.05) is 63.9 Å². The molecule has 1 N–H and O–H groups in total. The molecule has 8 heteroatoms. The number of amides is 4. The van der Waals surface area contributed by atoms with Crippen molar-refractivity contribution in [3.8, 4) is 0 Å². The average Bonchev–Trinajstić information content (AvgIpc) is 3.28. The van der Waals surface area contributed by atoms with Crippen LogP contribution >= 0.6 is 27.5 Å². The highest BCUT2D eigenvalue weighted by Gasteiger charge is 2.62. The highest BCUT2D eigenvalue weighted by atomic mass is 79.9. The number of nitrogens with one attached hydrogen (secondary N) is 1. The largest absolute Gasteiger partial charge is 0.322 e. The molecular formula is C26H21BrClN3O3. The molecule has 5 rings (SSSR count). The number of carbonyl (C=O) groups excluding carboxylic acids is 3. The van der Waals surface area contributed by atoms with Crippen molar-refractivity contribution in [3.63, 3.8) is 0 Å². The SMILES string of the molecule is CC1C2C(=O)N(c3ccccc3)C(=O)C2C(c2ccccc2Cl)N1C(=O)Nc1ccc(Br)cc1. The van der Waals surface area contributed by atoms with Gasteiger partial charge in [-0.15, -0.1) is 0 Å². The van der Waals surface area contributed by atoms with E-state index < -0.39 is 23.9 Å². The number of likely N-dealkylation sites (tertiary alicyclic amines) is 1. The Bertz CT molecular complexity index is 1270. The number of halogens is 2. The van der Waals surface area contributed by atoms with Crippen molar-refractivity contribution in [1.29, 1.82) is 0 Å². The third-order valence-electron chi connectivity index (χ3n) is 6.56. The summed E-state index contributed by atoms with van der Waals surface area (Å²) in [5.41, 5.74) is 1.78. The summed E-state index contributed by atoms with van der Waals surface area (Å²) in [6.07, 6.45) is 0. The molecule has 0 aromatic heterocycles. The molecule has 3 aromatic rings. The van der Waals surface area contributed by atoms with Crippen molar-refractivity contribution in [3.05, 3.63) is 93.9 Å². The Labute approximate surface area is 210 Å². The van der Waals surface area contributed by atoms with Crippen LogP contribution in [0.1, 0.15) is 18.5 Å². The molecule has 2 aliphatic heterocycles. The van der Waals surface area contributed by atoms with E-state index in [9.17, 15) is 14.4 Å². The lowest BCUT2D eigenvalue weighted by atomic mass is 9.87. The number of anilines is 2. The van der Waals surface area contributed by atoms with E-state index in [1.54, 1.807) is 53.4 Å². The summed E-state index contributed by atoms with van der Waals surface area (Å²) in [6.45, 7) is 1.81. The van der Waals surface area contributed by atoms with E-state index in [1.807, 2.05) is 37.3 Å². The van der Waals surface area contributed by atoms with Gasteiger partial charge >= 0.3 is 6.03 Å². The molecule has 4 unspecified atom stereocenters. The third kappa shape index (κ3) is 3.69. The number of rotatable bonds is 3. The van der Waals surface area contributed by atoms with E-state index in [-0.39, 0.29) is 17.8 Å². The second kappa shape index (κ2) is 8.89. The highest BCUT2D eigenvalue weighted by molar-refractivity contribution is 9.10. The quantitative estimate of drug-likeness (QED) is 0.423. The first-order chi connectivity index (χ1) is 16.4. The molecule has 4 atom stereocenters. The van der Waals surface area contributed by atoms with E-state index in [4.69, 9.17) is 11.6 Å². The fourth-order valence-corrected chi connectivity index (χ4v) is 5.59. The van der Waals surface area contributed by atoms with Gasteiger partial charge in [-0.3, -0.25) is 9.59 Å². The summed E-state index contributed by atoms with van der Waals surface area (Å²) in [4.78, 5) is 43.6. The topological polar surface area (TPSA) is 69.7 Å². The minimum Gasteiger partial charge on any atom is -0.313 e. The summed E-state index contributed by atoms with van der Waals surface area (Å²) in [6, 6.07) is 21.7. The Morgan fingerprint density at radius 1 is 0.882 bits per heavy atom. The van der Waals surface area contributed by atoms with Gasteiger partial charge in [-0.25, -0.2) is 9.69 Å². The predicted molar refractivity (Wildman–Crippen MR) is 135 cm³/mol. The summed E-state index contributed by atoms with van der Waals surface area (Å²) in [7, 11) is 0. The molecule has 0 bridgehead atoms. The highest BCUT2D eigenvalue weighted by Crippen LogP contribution is 2.51. The molecule has 172 valence electrons. The predicted octanol–water partition coefficient (Wildman–Crippen LogP) is 5.89. The minimum absolute atomic E-state index is 0.301. The fourth-order valence-electron chi connectivity index (χ4n) is 5.07. The summed E-state index contributed by atoms with van der Waals surface area (Å²) in [5.74, 6) is -2.04. The van der Waals surface area contributed by atoms with E-state index in [0.717, 1.165) is 4.47 Å². The van der Waals surface area contributed by atoms with Gasteiger partial charge in [0.15, 0.2) is 0 Å². The van der Waals surface area contributed by atoms with Gasteiger partial charge < -0.3 is 10.2 Å². The van der Waals surface area contributed by atoms with Crippen molar-refractivity contribution >= 4 is 56.8 Å². The van der Waals surface area contributed by atoms with Crippen molar-refractivity contribution in [1.82, 2.24) is 4.90 Å². The lowest BCUT2D eigenvalue weighted by molar-refractivity contribution is -0.123. The molecule has 4 amide bonds. The summed E-state index contributed by atoms with van der Waals surface area (Å²) >= 11 is 9.94. The Kier molecular flexibility index (Phi) is 5.91. The van der Waals surface area contributed by atoms with E-state index in [0.29, 0.717) is 22.0 Å². The second-order valence-electron chi connectivity index (χ2n) is 8.45. The molecule has 2 heterocycles. The monoisotopic (exact) mass is 537 g/mol. The van der Waals surface area contributed by atoms with Crippen LogP contribution in [0.2, 0.25) is 5.02 Å². The van der Waals surface area contributed by atoms with Crippen LogP contribution in [0, 0.1) is 11.8 Å². The normalized spacial score (nSPS) is 23.9. The van der Waals surface area contributed by atoms with E-state index >= 15 is 0 Å². The maximum absolute atomic E-state index is 13.7. The zero-order valence-corrected chi connectivity index (χ0v) is 20.5. The molecule has 0 spiro atoms. The first kappa shape index (κ1) is 22.6. The fraction of sp³-hybridized carbons (Fsp3) is 0.192. The van der Waals surface area contributed by atoms with Crippen molar-refractivity contribution in [2.75, 3.05) is 10.2 Å². The van der Waals surface area contributed by atoms with Gasteiger partial charge in [-0.05, 0) is 55.0 Å². The van der Waals surface area contributed by atoms with Crippen molar-refractivity contribution in [2.24, 2.45) is 11.8 Å². The molecule has 34 heavy (non-hydrogen) atoms. The van der Waals surface area contributed by atoms with E-state index in [1.165, 1.54) is 4.90 Å². The number of fused-ring (bicyclic) bond motifs is 1. The Hall–Kier alpha value is -3.16. The standard InChI is InChI=1S/C26H21BrClN3O3/c1-15-21-22(25(33)31(24(21)32)18-7-3-2-4-8-18)23(19-9-5-6-10-20(19)28)30(15)26(34)29-17-13-11-16(27)12-14-17/h2-15,21-23H,1H3,(H,29,34). The molecular weight excluding hydrogens is 518 g/mol. The first-order valence-electron chi connectivity index (χ1n) is 10.9. The van der Waals surface area contributed by atoms with Gasteiger partial charge in [0, 0.05) is 21.2 Å². The number of para-hydroxylation sites is 1. The smallest absolute Gasteiger partial charge is 0.313 e. The van der Waals surface area contributed by atoms with Gasteiger partial charge in [0.05, 0.1) is 23.6 Å². The van der Waals surface area contributed by atoms with Crippen LogP contribution in [0.4, 0.5) is 16.2 Å². The maximum atomic E-state index is 13.7. The van der Waals surface area contributed by atoms with Crippen LogP contribution in [-0.4, -0.2) is 28.8 Å². The molecule has 0 aliphatic carbocycles. The average molecular weight is 539 g/mol. The van der Waals surface area contributed by atoms with Crippen molar-refractivity contribution < 1.29 is 14.4 Å². The van der Waals surface area contributed by atoms with Crippen LogP contribution < -0.4 is 10.2 Å². The Balaban J connectivity index is 1.56. The minimum atomic E-state index is -0.738. The van der Waals surface area contributed by atoms with Crippen LogP contribution in [-0.2, 0) is 9.59 Å².